The zero-order chi connectivity index (χ0) is 7.40. The number of aliphatic carboxylic acids is 1. The third-order valence-corrected chi connectivity index (χ3v) is 1.91. The topological polar surface area (TPSA) is 37.3 Å². The largest absolute Gasteiger partial charge is 0.478 e. The van der Waals surface area contributed by atoms with Crippen LogP contribution in [0.5, 0.6) is 0 Å². The zero-order valence-electron chi connectivity index (χ0n) is 6.32. The summed E-state index contributed by atoms with van der Waals surface area (Å²) >= 11 is 0. The predicted molar refractivity (Wildman–Crippen MR) is 46.0 cm³/mol. The molecule has 1 aliphatic rings. The normalized spacial score (nSPS) is 18.5. The maximum absolute atomic E-state index is 10.1. The summed E-state index contributed by atoms with van der Waals surface area (Å²) in [5.41, 5.74) is 0. The van der Waals surface area contributed by atoms with Gasteiger partial charge in [-0.2, -0.15) is 0 Å². The SMILES string of the molecule is Cl.O=C(O)/C=C/C1CCCC1. The van der Waals surface area contributed by atoms with Gasteiger partial charge in [0.1, 0.15) is 0 Å². The molecule has 64 valence electrons. The summed E-state index contributed by atoms with van der Waals surface area (Å²) in [6.45, 7) is 0. The summed E-state index contributed by atoms with van der Waals surface area (Å²) in [6, 6.07) is 0. The lowest BCUT2D eigenvalue weighted by Crippen LogP contribution is -1.91. The van der Waals surface area contributed by atoms with Gasteiger partial charge in [-0.05, 0) is 18.8 Å². The Hall–Kier alpha value is -0.500. The van der Waals surface area contributed by atoms with Gasteiger partial charge >= 0.3 is 5.97 Å². The van der Waals surface area contributed by atoms with Crippen LogP contribution in [0.3, 0.4) is 0 Å². The van der Waals surface area contributed by atoms with Gasteiger partial charge in [0.15, 0.2) is 0 Å². The van der Waals surface area contributed by atoms with Gasteiger partial charge in [0.2, 0.25) is 0 Å². The Kier molecular flexibility index (Phi) is 4.95. The minimum Gasteiger partial charge on any atom is -0.478 e. The quantitative estimate of drug-likeness (QED) is 0.656. The molecule has 0 radical (unpaired) electrons. The third kappa shape index (κ3) is 4.04. The molecule has 3 heteroatoms. The van der Waals surface area contributed by atoms with Crippen molar-refractivity contribution in [2.24, 2.45) is 5.92 Å². The second kappa shape index (κ2) is 5.19. The minimum atomic E-state index is -0.827. The van der Waals surface area contributed by atoms with E-state index in [0.29, 0.717) is 5.92 Å². The Labute approximate surface area is 72.7 Å². The summed E-state index contributed by atoms with van der Waals surface area (Å²) in [5, 5.41) is 8.29. The molecule has 1 fully saturated rings. The van der Waals surface area contributed by atoms with Crippen molar-refractivity contribution >= 4 is 18.4 Å². The van der Waals surface area contributed by atoms with Crippen molar-refractivity contribution in [2.45, 2.75) is 25.7 Å². The van der Waals surface area contributed by atoms with Crippen LogP contribution >= 0.6 is 12.4 Å². The van der Waals surface area contributed by atoms with E-state index in [1.54, 1.807) is 0 Å². The summed E-state index contributed by atoms with van der Waals surface area (Å²) in [4.78, 5) is 10.1. The fourth-order valence-electron chi connectivity index (χ4n) is 1.37. The second-order valence-electron chi connectivity index (χ2n) is 2.74. The molecule has 0 unspecified atom stereocenters. The van der Waals surface area contributed by atoms with E-state index in [-0.39, 0.29) is 12.4 Å². The fraction of sp³-hybridized carbons (Fsp3) is 0.625. The highest BCUT2D eigenvalue weighted by Crippen LogP contribution is 2.25. The number of hydrogen-bond acceptors (Lipinski definition) is 1. The lowest BCUT2D eigenvalue weighted by molar-refractivity contribution is -0.131. The molecule has 0 amide bonds. The molecule has 1 N–H and O–H groups in total. The Balaban J connectivity index is 0.000001000. The van der Waals surface area contributed by atoms with Gasteiger partial charge in [0, 0.05) is 6.08 Å². The van der Waals surface area contributed by atoms with E-state index in [2.05, 4.69) is 0 Å². The highest BCUT2D eigenvalue weighted by molar-refractivity contribution is 5.85. The first-order valence-corrected chi connectivity index (χ1v) is 3.70. The van der Waals surface area contributed by atoms with Crippen molar-refractivity contribution < 1.29 is 9.90 Å². The minimum absolute atomic E-state index is 0. The standard InChI is InChI=1S/C8H12O2.ClH/c9-8(10)6-5-7-3-1-2-4-7;/h5-7H,1-4H2,(H,9,10);1H/b6-5+;. The third-order valence-electron chi connectivity index (χ3n) is 1.91. The van der Waals surface area contributed by atoms with E-state index in [0.717, 1.165) is 0 Å². The number of hydrogen-bond donors (Lipinski definition) is 1. The van der Waals surface area contributed by atoms with Crippen molar-refractivity contribution in [3.8, 4) is 0 Å². The number of carboxylic acid groups (broad SMARTS) is 1. The van der Waals surface area contributed by atoms with Crippen LogP contribution in [0.4, 0.5) is 0 Å². The van der Waals surface area contributed by atoms with Gasteiger partial charge in [0.05, 0.1) is 0 Å². The Bertz CT molecular complexity index is 148. The van der Waals surface area contributed by atoms with Crippen LogP contribution < -0.4 is 0 Å². The Morgan fingerprint density at radius 1 is 1.36 bits per heavy atom. The average Bonchev–Trinajstić information content (AvgIpc) is 2.34. The summed E-state index contributed by atoms with van der Waals surface area (Å²) in [7, 11) is 0. The van der Waals surface area contributed by atoms with Gasteiger partial charge in [-0.25, -0.2) is 4.79 Å². The second-order valence-corrected chi connectivity index (χ2v) is 2.74. The molecule has 11 heavy (non-hydrogen) atoms. The monoisotopic (exact) mass is 176 g/mol. The molecule has 1 rings (SSSR count). The number of carboxylic acids is 1. The molecule has 1 aliphatic carbocycles. The van der Waals surface area contributed by atoms with Crippen LogP contribution in [-0.4, -0.2) is 11.1 Å². The molecule has 0 bridgehead atoms. The highest BCUT2D eigenvalue weighted by Gasteiger charge is 2.11. The van der Waals surface area contributed by atoms with Gasteiger partial charge in [-0.1, -0.05) is 18.9 Å². The average molecular weight is 177 g/mol. The highest BCUT2D eigenvalue weighted by atomic mass is 35.5. The van der Waals surface area contributed by atoms with Crippen LogP contribution in [0.1, 0.15) is 25.7 Å². The molecule has 1 saturated carbocycles. The Morgan fingerprint density at radius 2 is 1.91 bits per heavy atom. The summed E-state index contributed by atoms with van der Waals surface area (Å²) in [5.74, 6) is -0.289. The molecule has 0 aliphatic heterocycles. The number of halogens is 1. The zero-order valence-corrected chi connectivity index (χ0v) is 7.14. The molecule has 0 atom stereocenters. The van der Waals surface area contributed by atoms with Crippen molar-refractivity contribution in [1.82, 2.24) is 0 Å². The first kappa shape index (κ1) is 10.5. The first-order valence-electron chi connectivity index (χ1n) is 3.70. The number of carbonyl (C=O) groups is 1. The van der Waals surface area contributed by atoms with Gasteiger partial charge in [-0.3, -0.25) is 0 Å². The molecule has 0 aromatic rings. The molecule has 2 nitrogen and oxygen atoms in total. The maximum atomic E-state index is 10.1. The smallest absolute Gasteiger partial charge is 0.327 e. The van der Waals surface area contributed by atoms with Crippen molar-refractivity contribution in [3.63, 3.8) is 0 Å². The molecule has 0 heterocycles. The van der Waals surface area contributed by atoms with Crippen LogP contribution in [0, 0.1) is 5.92 Å². The summed E-state index contributed by atoms with van der Waals surface area (Å²) in [6.07, 6.45) is 7.93. The molecular weight excluding hydrogens is 164 g/mol. The van der Waals surface area contributed by atoms with Crippen LogP contribution in [0.2, 0.25) is 0 Å². The van der Waals surface area contributed by atoms with Crippen molar-refractivity contribution in [1.29, 1.82) is 0 Å². The lowest BCUT2D eigenvalue weighted by atomic mass is 10.1. The van der Waals surface area contributed by atoms with Crippen LogP contribution in [-0.2, 0) is 4.79 Å². The molecule has 0 saturated heterocycles. The molecule has 0 aromatic heterocycles. The van der Waals surface area contributed by atoms with Gasteiger partial charge < -0.3 is 5.11 Å². The lowest BCUT2D eigenvalue weighted by Gasteiger charge is -1.96. The Morgan fingerprint density at radius 3 is 2.36 bits per heavy atom. The maximum Gasteiger partial charge on any atom is 0.327 e. The van der Waals surface area contributed by atoms with E-state index in [1.807, 2.05) is 6.08 Å². The summed E-state index contributed by atoms with van der Waals surface area (Å²) < 4.78 is 0. The van der Waals surface area contributed by atoms with Crippen molar-refractivity contribution in [2.75, 3.05) is 0 Å². The predicted octanol–water partition coefficient (Wildman–Crippen LogP) is 2.24. The van der Waals surface area contributed by atoms with E-state index >= 15 is 0 Å². The molecule has 0 spiro atoms. The molecular formula is C8H13ClO2. The van der Waals surface area contributed by atoms with Gasteiger partial charge in [-0.15, -0.1) is 12.4 Å². The van der Waals surface area contributed by atoms with Crippen LogP contribution in [0.25, 0.3) is 0 Å². The first-order chi connectivity index (χ1) is 4.79. The van der Waals surface area contributed by atoms with E-state index < -0.39 is 5.97 Å². The molecule has 0 aromatic carbocycles. The fourth-order valence-corrected chi connectivity index (χ4v) is 1.37. The van der Waals surface area contributed by atoms with Crippen molar-refractivity contribution in [3.05, 3.63) is 12.2 Å². The van der Waals surface area contributed by atoms with E-state index in [4.69, 9.17) is 5.11 Å². The van der Waals surface area contributed by atoms with Crippen LogP contribution in [0.15, 0.2) is 12.2 Å². The van der Waals surface area contributed by atoms with E-state index in [9.17, 15) is 4.79 Å². The number of allylic oxidation sites excluding steroid dienone is 1. The number of rotatable bonds is 2. The van der Waals surface area contributed by atoms with E-state index in [1.165, 1.54) is 31.8 Å². The van der Waals surface area contributed by atoms with Gasteiger partial charge in [0.25, 0.3) is 0 Å².